The van der Waals surface area contributed by atoms with Crippen LogP contribution >= 0.6 is 0 Å². The van der Waals surface area contributed by atoms with Crippen molar-refractivity contribution in [2.45, 2.75) is 38.9 Å². The average molecular weight is 292 g/mol. The van der Waals surface area contributed by atoms with Crippen LogP contribution in [0.1, 0.15) is 37.5 Å². The summed E-state index contributed by atoms with van der Waals surface area (Å²) in [6.45, 7) is 6.36. The van der Waals surface area contributed by atoms with Crippen molar-refractivity contribution in [2.24, 2.45) is 5.92 Å². The molecule has 2 rings (SSSR count). The molecule has 0 radical (unpaired) electrons. The van der Waals surface area contributed by atoms with Crippen LogP contribution < -0.4 is 4.74 Å². The van der Waals surface area contributed by atoms with Gasteiger partial charge in [0.15, 0.2) is 11.2 Å². The molecule has 2 atom stereocenters. The lowest BCUT2D eigenvalue weighted by Gasteiger charge is -2.41. The maximum absolute atomic E-state index is 12.3. The maximum atomic E-state index is 12.3. The third-order valence-corrected chi connectivity index (χ3v) is 4.30. The molecule has 21 heavy (non-hydrogen) atoms. The molecule has 0 fully saturated rings. The van der Waals surface area contributed by atoms with Crippen molar-refractivity contribution in [3.8, 4) is 5.75 Å². The zero-order chi connectivity index (χ0) is 16.2. The fourth-order valence-corrected chi connectivity index (χ4v) is 2.84. The number of ether oxygens (including phenoxy) is 1. The second-order valence-electron chi connectivity index (χ2n) is 6.02. The Labute approximate surface area is 123 Å². The van der Waals surface area contributed by atoms with Crippen LogP contribution in [0.25, 0.3) is 0 Å². The molecular weight excluding hydrogens is 272 g/mol. The standard InChI is InChI=1S/C16H20O5/c1-8(2)16(20)11-6-9(3)12(21-5)7-10(11)15(4,19)13(17)14(16)18/h6-8,19-20H,1-5H3/t15-,16-/m1/s1. The molecule has 1 aliphatic carbocycles. The number of Topliss-reactive ketones (excluding diaryl/α,β-unsaturated/α-hetero) is 2. The summed E-state index contributed by atoms with van der Waals surface area (Å²) < 4.78 is 5.21. The molecule has 0 aliphatic heterocycles. The van der Waals surface area contributed by atoms with Gasteiger partial charge in [0.25, 0.3) is 0 Å². The number of hydrogen-bond donors (Lipinski definition) is 2. The highest BCUT2D eigenvalue weighted by Gasteiger charge is 2.57. The Morgan fingerprint density at radius 2 is 1.67 bits per heavy atom. The van der Waals surface area contributed by atoms with Gasteiger partial charge in [-0.2, -0.15) is 0 Å². The minimum atomic E-state index is -1.96. The first-order valence-corrected chi connectivity index (χ1v) is 6.82. The highest BCUT2D eigenvalue weighted by molar-refractivity contribution is 6.44. The fraction of sp³-hybridized carbons (Fsp3) is 0.500. The largest absolute Gasteiger partial charge is 0.496 e. The SMILES string of the molecule is COc1cc2c(cc1C)[C@](O)(C(C)C)C(=O)C(=O)[C@]2(C)O. The van der Waals surface area contributed by atoms with Gasteiger partial charge in [-0.25, -0.2) is 0 Å². The van der Waals surface area contributed by atoms with E-state index in [-0.39, 0.29) is 11.1 Å². The Bertz CT molecular complexity index is 630. The molecule has 2 N–H and O–H groups in total. The van der Waals surface area contributed by atoms with Gasteiger partial charge in [0.2, 0.25) is 11.6 Å². The molecule has 1 aromatic rings. The smallest absolute Gasteiger partial charge is 0.238 e. The van der Waals surface area contributed by atoms with E-state index in [1.54, 1.807) is 26.8 Å². The number of benzene rings is 1. The lowest BCUT2D eigenvalue weighted by atomic mass is 9.66. The minimum Gasteiger partial charge on any atom is -0.496 e. The molecule has 0 heterocycles. The Kier molecular flexibility index (Phi) is 3.46. The van der Waals surface area contributed by atoms with E-state index in [1.807, 2.05) is 0 Å². The van der Waals surface area contributed by atoms with Crippen molar-refractivity contribution in [1.82, 2.24) is 0 Å². The first-order valence-electron chi connectivity index (χ1n) is 6.82. The van der Waals surface area contributed by atoms with Gasteiger partial charge in [-0.1, -0.05) is 13.8 Å². The summed E-state index contributed by atoms with van der Waals surface area (Å²) in [6, 6.07) is 3.12. The predicted molar refractivity (Wildman–Crippen MR) is 76.1 cm³/mol. The summed E-state index contributed by atoms with van der Waals surface area (Å²) in [4.78, 5) is 24.6. The summed E-state index contributed by atoms with van der Waals surface area (Å²) in [6.07, 6.45) is 0. The lowest BCUT2D eigenvalue weighted by Crippen LogP contribution is -2.56. The minimum absolute atomic E-state index is 0.214. The van der Waals surface area contributed by atoms with Gasteiger partial charge in [0, 0.05) is 5.56 Å². The summed E-state index contributed by atoms with van der Waals surface area (Å²) in [5, 5.41) is 21.3. The van der Waals surface area contributed by atoms with E-state index in [0.717, 1.165) is 0 Å². The van der Waals surface area contributed by atoms with Crippen LogP contribution in [0.3, 0.4) is 0 Å². The zero-order valence-electron chi connectivity index (χ0n) is 12.9. The van der Waals surface area contributed by atoms with Crippen molar-refractivity contribution in [3.63, 3.8) is 0 Å². The summed E-state index contributed by atoms with van der Waals surface area (Å²) in [5.41, 5.74) is -2.69. The van der Waals surface area contributed by atoms with Gasteiger partial charge in [0.05, 0.1) is 7.11 Å². The van der Waals surface area contributed by atoms with Gasteiger partial charge in [-0.15, -0.1) is 0 Å². The quantitative estimate of drug-likeness (QED) is 0.800. The molecule has 0 aromatic heterocycles. The van der Waals surface area contributed by atoms with E-state index in [9.17, 15) is 19.8 Å². The third kappa shape index (κ3) is 1.92. The molecule has 114 valence electrons. The summed E-state index contributed by atoms with van der Waals surface area (Å²) in [5.74, 6) is -1.99. The van der Waals surface area contributed by atoms with Crippen molar-refractivity contribution >= 4 is 11.6 Å². The number of methoxy groups -OCH3 is 1. The highest BCUT2D eigenvalue weighted by atomic mass is 16.5. The van der Waals surface area contributed by atoms with Gasteiger partial charge in [0.1, 0.15) is 5.75 Å². The number of ketones is 2. The molecule has 5 nitrogen and oxygen atoms in total. The van der Waals surface area contributed by atoms with E-state index in [4.69, 9.17) is 4.74 Å². The molecule has 0 saturated carbocycles. The molecule has 0 amide bonds. The van der Waals surface area contributed by atoms with E-state index in [2.05, 4.69) is 0 Å². The number of aliphatic hydroxyl groups is 2. The highest BCUT2D eigenvalue weighted by Crippen LogP contribution is 2.45. The van der Waals surface area contributed by atoms with Gasteiger partial charge >= 0.3 is 0 Å². The topological polar surface area (TPSA) is 83.8 Å². The van der Waals surface area contributed by atoms with Crippen molar-refractivity contribution in [1.29, 1.82) is 0 Å². The number of carbonyl (C=O) groups is 2. The second-order valence-corrected chi connectivity index (χ2v) is 6.02. The lowest BCUT2D eigenvalue weighted by molar-refractivity contribution is -0.165. The van der Waals surface area contributed by atoms with Crippen LogP contribution in [0.5, 0.6) is 5.75 Å². The van der Waals surface area contributed by atoms with E-state index < -0.39 is 28.7 Å². The number of fused-ring (bicyclic) bond motifs is 1. The number of rotatable bonds is 2. The van der Waals surface area contributed by atoms with Crippen LogP contribution in [-0.4, -0.2) is 28.9 Å². The molecule has 1 aromatic carbocycles. The van der Waals surface area contributed by atoms with Gasteiger partial charge in [-0.3, -0.25) is 9.59 Å². The number of hydrogen-bond acceptors (Lipinski definition) is 5. The Morgan fingerprint density at radius 1 is 1.10 bits per heavy atom. The average Bonchev–Trinajstić information content (AvgIpc) is 2.42. The van der Waals surface area contributed by atoms with Crippen LogP contribution in [0.4, 0.5) is 0 Å². The first-order chi connectivity index (χ1) is 9.58. The van der Waals surface area contributed by atoms with E-state index in [1.165, 1.54) is 20.1 Å². The second kappa shape index (κ2) is 4.64. The Balaban J connectivity index is 2.88. The van der Waals surface area contributed by atoms with Crippen molar-refractivity contribution in [2.75, 3.05) is 7.11 Å². The van der Waals surface area contributed by atoms with Gasteiger partial charge < -0.3 is 14.9 Å². The normalized spacial score (nSPS) is 28.8. The van der Waals surface area contributed by atoms with Crippen LogP contribution in [0.15, 0.2) is 12.1 Å². The summed E-state index contributed by atoms with van der Waals surface area (Å²) in [7, 11) is 1.48. The third-order valence-electron chi connectivity index (χ3n) is 4.30. The zero-order valence-corrected chi connectivity index (χ0v) is 12.9. The van der Waals surface area contributed by atoms with Gasteiger partial charge in [-0.05, 0) is 43.0 Å². The molecule has 0 unspecified atom stereocenters. The van der Waals surface area contributed by atoms with Crippen LogP contribution in [-0.2, 0) is 20.8 Å². The maximum Gasteiger partial charge on any atom is 0.238 e. The molecule has 0 bridgehead atoms. The predicted octanol–water partition coefficient (Wildman–Crippen LogP) is 1.21. The van der Waals surface area contributed by atoms with Crippen molar-refractivity contribution < 1.29 is 24.5 Å². The number of aryl methyl sites for hydroxylation is 1. The summed E-state index contributed by atoms with van der Waals surface area (Å²) >= 11 is 0. The van der Waals surface area contributed by atoms with E-state index in [0.29, 0.717) is 11.3 Å². The molecule has 5 heteroatoms. The molecule has 0 saturated heterocycles. The number of carbonyl (C=O) groups excluding carboxylic acids is 2. The molecule has 0 spiro atoms. The first kappa shape index (κ1) is 15.7. The fourth-order valence-electron chi connectivity index (χ4n) is 2.84. The van der Waals surface area contributed by atoms with Crippen LogP contribution in [0.2, 0.25) is 0 Å². The molecular formula is C16H20O5. The van der Waals surface area contributed by atoms with E-state index >= 15 is 0 Å². The van der Waals surface area contributed by atoms with Crippen molar-refractivity contribution in [3.05, 3.63) is 28.8 Å². The monoisotopic (exact) mass is 292 g/mol. The Hall–Kier alpha value is -1.72. The molecule has 1 aliphatic rings. The Morgan fingerprint density at radius 3 is 2.14 bits per heavy atom. The van der Waals surface area contributed by atoms with Crippen LogP contribution in [0, 0.1) is 12.8 Å².